The molecule has 0 radical (unpaired) electrons. The molecule has 0 spiro atoms. The SMILES string of the molecule is O=C(NC(=S)Nc1cc(Cl)c(O)c(Cl)c1)c1cccc(I)c1. The average molecular weight is 467 g/mol. The lowest BCUT2D eigenvalue weighted by Crippen LogP contribution is -2.34. The normalized spacial score (nSPS) is 10.1. The first-order chi connectivity index (χ1) is 10.4. The number of nitrogens with one attached hydrogen (secondary N) is 2. The number of rotatable bonds is 2. The number of phenols is 1. The van der Waals surface area contributed by atoms with Crippen molar-refractivity contribution in [2.24, 2.45) is 0 Å². The van der Waals surface area contributed by atoms with Gasteiger partial charge in [0.15, 0.2) is 10.9 Å². The predicted molar refractivity (Wildman–Crippen MR) is 101 cm³/mol. The van der Waals surface area contributed by atoms with Crippen LogP contribution in [-0.4, -0.2) is 16.1 Å². The smallest absolute Gasteiger partial charge is 0.257 e. The maximum atomic E-state index is 12.1. The summed E-state index contributed by atoms with van der Waals surface area (Å²) in [4.78, 5) is 12.1. The number of thiocarbonyl (C=S) groups is 1. The Morgan fingerprint density at radius 2 is 1.82 bits per heavy atom. The quantitative estimate of drug-likeness (QED) is 0.348. The van der Waals surface area contributed by atoms with Crippen molar-refractivity contribution in [1.82, 2.24) is 5.32 Å². The molecule has 0 fully saturated rings. The molecule has 1 amide bonds. The lowest BCUT2D eigenvalue weighted by molar-refractivity contribution is 0.0977. The second-order valence-corrected chi connectivity index (χ2v) is 6.68. The van der Waals surface area contributed by atoms with Gasteiger partial charge in [-0.3, -0.25) is 10.1 Å². The van der Waals surface area contributed by atoms with Gasteiger partial charge in [0.1, 0.15) is 0 Å². The number of phenolic OH excluding ortho intramolecular Hbond substituents is 1. The van der Waals surface area contributed by atoms with Gasteiger partial charge >= 0.3 is 0 Å². The maximum Gasteiger partial charge on any atom is 0.257 e. The van der Waals surface area contributed by atoms with Crippen LogP contribution in [0.25, 0.3) is 0 Å². The van der Waals surface area contributed by atoms with Gasteiger partial charge in [-0.05, 0) is 65.1 Å². The Balaban J connectivity index is 2.06. The number of hydrogen-bond acceptors (Lipinski definition) is 3. The van der Waals surface area contributed by atoms with Gasteiger partial charge in [-0.15, -0.1) is 0 Å². The molecule has 2 rings (SSSR count). The minimum Gasteiger partial charge on any atom is -0.505 e. The Morgan fingerprint density at radius 3 is 2.41 bits per heavy atom. The molecule has 8 heteroatoms. The molecule has 4 nitrogen and oxygen atoms in total. The number of carbonyl (C=O) groups is 1. The van der Waals surface area contributed by atoms with E-state index in [0.29, 0.717) is 11.3 Å². The molecule has 0 aliphatic heterocycles. The van der Waals surface area contributed by atoms with Crippen LogP contribution in [0.3, 0.4) is 0 Å². The third kappa shape index (κ3) is 4.45. The van der Waals surface area contributed by atoms with E-state index in [4.69, 9.17) is 35.4 Å². The molecule has 0 heterocycles. The van der Waals surface area contributed by atoms with Crippen molar-refractivity contribution in [2.75, 3.05) is 5.32 Å². The number of aromatic hydroxyl groups is 1. The van der Waals surface area contributed by atoms with Crippen molar-refractivity contribution < 1.29 is 9.90 Å². The van der Waals surface area contributed by atoms with Gasteiger partial charge in [-0.1, -0.05) is 29.3 Å². The minimum absolute atomic E-state index is 0.0849. The Kier molecular flexibility index (Phi) is 5.85. The molecule has 114 valence electrons. The van der Waals surface area contributed by atoms with Gasteiger partial charge in [0, 0.05) is 14.8 Å². The summed E-state index contributed by atoms with van der Waals surface area (Å²) >= 11 is 18.8. The van der Waals surface area contributed by atoms with Crippen LogP contribution in [0.4, 0.5) is 5.69 Å². The van der Waals surface area contributed by atoms with Crippen molar-refractivity contribution in [1.29, 1.82) is 0 Å². The van der Waals surface area contributed by atoms with Crippen molar-refractivity contribution in [3.05, 3.63) is 55.6 Å². The molecular weight excluding hydrogens is 458 g/mol. The summed E-state index contributed by atoms with van der Waals surface area (Å²) in [5.41, 5.74) is 0.957. The zero-order valence-corrected chi connectivity index (χ0v) is 15.3. The van der Waals surface area contributed by atoms with Crippen LogP contribution in [-0.2, 0) is 0 Å². The lowest BCUT2D eigenvalue weighted by Gasteiger charge is -2.11. The monoisotopic (exact) mass is 466 g/mol. The summed E-state index contributed by atoms with van der Waals surface area (Å²) in [6, 6.07) is 10.0. The summed E-state index contributed by atoms with van der Waals surface area (Å²) in [5, 5.41) is 15.1. The molecule has 3 N–H and O–H groups in total. The van der Waals surface area contributed by atoms with E-state index in [1.54, 1.807) is 18.2 Å². The zero-order valence-electron chi connectivity index (χ0n) is 10.9. The van der Waals surface area contributed by atoms with E-state index < -0.39 is 0 Å². The molecule has 0 aliphatic carbocycles. The van der Waals surface area contributed by atoms with Crippen LogP contribution in [0, 0.1) is 3.57 Å². The van der Waals surface area contributed by atoms with Gasteiger partial charge in [-0.25, -0.2) is 0 Å². The second kappa shape index (κ2) is 7.45. The van der Waals surface area contributed by atoms with E-state index in [9.17, 15) is 9.90 Å². The van der Waals surface area contributed by atoms with Gasteiger partial charge in [0.05, 0.1) is 10.0 Å². The first-order valence-electron chi connectivity index (χ1n) is 5.92. The van der Waals surface area contributed by atoms with Gasteiger partial charge in [-0.2, -0.15) is 0 Å². The highest BCUT2D eigenvalue weighted by molar-refractivity contribution is 14.1. The van der Waals surface area contributed by atoms with E-state index in [1.807, 2.05) is 6.07 Å². The number of amides is 1. The molecule has 0 aliphatic rings. The van der Waals surface area contributed by atoms with E-state index in [0.717, 1.165) is 3.57 Å². The molecule has 0 aromatic heterocycles. The van der Waals surface area contributed by atoms with Gasteiger partial charge in [0.25, 0.3) is 5.91 Å². The fraction of sp³-hybridized carbons (Fsp3) is 0. The summed E-state index contributed by atoms with van der Waals surface area (Å²) in [5.74, 6) is -0.533. The van der Waals surface area contributed by atoms with Crippen LogP contribution in [0.1, 0.15) is 10.4 Å². The van der Waals surface area contributed by atoms with Crippen LogP contribution < -0.4 is 10.6 Å². The van der Waals surface area contributed by atoms with Gasteiger partial charge < -0.3 is 10.4 Å². The number of benzene rings is 2. The summed E-state index contributed by atoms with van der Waals surface area (Å²) in [6.07, 6.45) is 0. The standard InChI is InChI=1S/C14H9Cl2IN2O2S/c15-10-5-9(6-11(16)12(10)20)18-14(22)19-13(21)7-2-1-3-8(17)4-7/h1-6,20H,(H2,18,19,21,22). The van der Waals surface area contributed by atoms with Crippen molar-refractivity contribution >= 4 is 74.7 Å². The topological polar surface area (TPSA) is 61.4 Å². The number of hydrogen-bond donors (Lipinski definition) is 3. The number of anilines is 1. The molecule has 0 saturated heterocycles. The molecule has 0 bridgehead atoms. The first kappa shape index (κ1) is 17.3. The average Bonchev–Trinajstić information content (AvgIpc) is 2.44. The minimum atomic E-state index is -0.327. The first-order valence-corrected chi connectivity index (χ1v) is 8.17. The largest absolute Gasteiger partial charge is 0.505 e. The van der Waals surface area contributed by atoms with E-state index >= 15 is 0 Å². The van der Waals surface area contributed by atoms with Crippen LogP contribution in [0.5, 0.6) is 5.75 Å². The maximum absolute atomic E-state index is 12.1. The molecule has 2 aromatic rings. The van der Waals surface area contributed by atoms with Crippen LogP contribution in [0.2, 0.25) is 10.0 Å². The molecule has 0 saturated carbocycles. The highest BCUT2D eigenvalue weighted by Gasteiger charge is 2.10. The Hall–Kier alpha value is -1.09. The molecule has 0 atom stereocenters. The number of carbonyl (C=O) groups excluding carboxylic acids is 1. The second-order valence-electron chi connectivity index (χ2n) is 4.21. The third-order valence-electron chi connectivity index (χ3n) is 2.59. The highest BCUT2D eigenvalue weighted by atomic mass is 127. The summed E-state index contributed by atoms with van der Waals surface area (Å²) in [6.45, 7) is 0. The van der Waals surface area contributed by atoms with Crippen molar-refractivity contribution in [3.63, 3.8) is 0 Å². The molecular formula is C14H9Cl2IN2O2S. The molecule has 0 unspecified atom stereocenters. The third-order valence-corrected chi connectivity index (χ3v) is 4.04. The van der Waals surface area contributed by atoms with E-state index in [-0.39, 0.29) is 26.8 Å². The summed E-state index contributed by atoms with van der Waals surface area (Å²) in [7, 11) is 0. The summed E-state index contributed by atoms with van der Waals surface area (Å²) < 4.78 is 0.946. The van der Waals surface area contributed by atoms with Crippen LogP contribution >= 0.6 is 58.0 Å². The van der Waals surface area contributed by atoms with E-state index in [1.165, 1.54) is 12.1 Å². The van der Waals surface area contributed by atoms with Crippen molar-refractivity contribution in [3.8, 4) is 5.75 Å². The fourth-order valence-electron chi connectivity index (χ4n) is 1.61. The zero-order chi connectivity index (χ0) is 16.3. The fourth-order valence-corrected chi connectivity index (χ4v) is 2.85. The predicted octanol–water partition coefficient (Wildman–Crippen LogP) is 4.43. The lowest BCUT2D eigenvalue weighted by atomic mass is 10.2. The Morgan fingerprint density at radius 1 is 1.18 bits per heavy atom. The Bertz CT molecular complexity index is 732. The number of halogens is 3. The van der Waals surface area contributed by atoms with Gasteiger partial charge in [0.2, 0.25) is 0 Å². The molecule has 2 aromatic carbocycles. The molecule has 22 heavy (non-hydrogen) atoms. The van der Waals surface area contributed by atoms with Crippen molar-refractivity contribution in [2.45, 2.75) is 0 Å². The van der Waals surface area contributed by atoms with Crippen LogP contribution in [0.15, 0.2) is 36.4 Å². The Labute approximate surface area is 156 Å². The van der Waals surface area contributed by atoms with E-state index in [2.05, 4.69) is 33.2 Å². The highest BCUT2D eigenvalue weighted by Crippen LogP contribution is 2.34.